The van der Waals surface area contributed by atoms with E-state index in [1.807, 2.05) is 4.90 Å². The van der Waals surface area contributed by atoms with Gasteiger partial charge in [-0.2, -0.15) is 0 Å². The number of halogens is 1. The number of carboxylic acid groups (broad SMARTS) is 1. The van der Waals surface area contributed by atoms with Crippen molar-refractivity contribution in [2.75, 3.05) is 37.7 Å². The molecule has 8 nitrogen and oxygen atoms in total. The van der Waals surface area contributed by atoms with E-state index in [9.17, 15) is 9.59 Å². The number of hydrogen-bond acceptors (Lipinski definition) is 6. The van der Waals surface area contributed by atoms with Gasteiger partial charge < -0.3 is 19.6 Å². The number of carboxylic acids is 1. The minimum Gasteiger partial charge on any atom is -0.481 e. The number of rotatable bonds is 4. The molecular formula is C15H19ClN4O4. The van der Waals surface area contributed by atoms with Crippen molar-refractivity contribution >= 4 is 29.4 Å². The van der Waals surface area contributed by atoms with Gasteiger partial charge in [-0.25, -0.2) is 9.97 Å². The smallest absolute Gasteiger partial charge is 0.306 e. The molecule has 130 valence electrons. The van der Waals surface area contributed by atoms with Crippen LogP contribution in [0.15, 0.2) is 6.20 Å². The van der Waals surface area contributed by atoms with Crippen molar-refractivity contribution in [1.82, 2.24) is 14.9 Å². The van der Waals surface area contributed by atoms with Crippen molar-refractivity contribution in [2.24, 2.45) is 0 Å². The third-order valence-corrected chi connectivity index (χ3v) is 4.43. The van der Waals surface area contributed by atoms with Crippen molar-refractivity contribution in [3.8, 4) is 0 Å². The topological polar surface area (TPSA) is 95.9 Å². The van der Waals surface area contributed by atoms with Gasteiger partial charge in [0.05, 0.1) is 30.4 Å². The molecule has 0 aromatic carbocycles. The van der Waals surface area contributed by atoms with Crippen LogP contribution in [0.4, 0.5) is 5.95 Å². The van der Waals surface area contributed by atoms with Crippen LogP contribution in [0.25, 0.3) is 0 Å². The number of anilines is 1. The molecule has 1 atom stereocenters. The molecule has 1 aromatic heterocycles. The number of aliphatic carboxylic acids is 1. The second-order valence-electron chi connectivity index (χ2n) is 5.90. The Bertz CT molecular complexity index is 636. The Hall–Kier alpha value is -1.93. The number of amides is 1. The first-order valence-corrected chi connectivity index (χ1v) is 8.32. The van der Waals surface area contributed by atoms with E-state index in [0.717, 1.165) is 25.9 Å². The lowest BCUT2D eigenvalue weighted by molar-refractivity contribution is -0.141. The van der Waals surface area contributed by atoms with Crippen LogP contribution in [0.1, 0.15) is 29.8 Å². The largest absolute Gasteiger partial charge is 0.481 e. The maximum absolute atomic E-state index is 12.7. The van der Waals surface area contributed by atoms with Gasteiger partial charge in [-0.05, 0) is 12.8 Å². The molecule has 0 saturated carbocycles. The van der Waals surface area contributed by atoms with Crippen LogP contribution >= 0.6 is 11.6 Å². The second-order valence-corrected chi connectivity index (χ2v) is 6.31. The standard InChI is InChI=1S/C15H19ClN4O4/c16-11-8-17-15(19-3-1-2-4-19)18-13(11)14(23)20-5-6-24-10(9-20)7-12(21)22/h8,10H,1-7,9H2,(H,21,22)/t10-/m1/s1. The zero-order chi connectivity index (χ0) is 17.1. The van der Waals surface area contributed by atoms with Gasteiger partial charge in [0, 0.05) is 26.2 Å². The van der Waals surface area contributed by atoms with E-state index >= 15 is 0 Å². The number of ether oxygens (including phenoxy) is 1. The molecule has 24 heavy (non-hydrogen) atoms. The fourth-order valence-electron chi connectivity index (χ4n) is 2.95. The Kier molecular flexibility index (Phi) is 5.15. The third kappa shape index (κ3) is 3.76. The van der Waals surface area contributed by atoms with Gasteiger partial charge in [0.15, 0.2) is 5.69 Å². The Morgan fingerprint density at radius 3 is 2.79 bits per heavy atom. The molecule has 9 heteroatoms. The van der Waals surface area contributed by atoms with E-state index in [4.69, 9.17) is 21.4 Å². The van der Waals surface area contributed by atoms with Gasteiger partial charge in [-0.15, -0.1) is 0 Å². The highest BCUT2D eigenvalue weighted by molar-refractivity contribution is 6.33. The van der Waals surface area contributed by atoms with Crippen molar-refractivity contribution < 1.29 is 19.4 Å². The van der Waals surface area contributed by atoms with E-state index in [0.29, 0.717) is 19.1 Å². The van der Waals surface area contributed by atoms with Crippen LogP contribution in [0.3, 0.4) is 0 Å². The molecule has 2 saturated heterocycles. The van der Waals surface area contributed by atoms with Crippen LogP contribution in [0, 0.1) is 0 Å². The lowest BCUT2D eigenvalue weighted by Gasteiger charge is -2.32. The molecule has 0 unspecified atom stereocenters. The van der Waals surface area contributed by atoms with Crippen LogP contribution in [0.5, 0.6) is 0 Å². The minimum absolute atomic E-state index is 0.139. The molecule has 3 rings (SSSR count). The maximum Gasteiger partial charge on any atom is 0.306 e. The number of aromatic nitrogens is 2. The molecule has 2 aliphatic rings. The number of hydrogen-bond donors (Lipinski definition) is 1. The molecule has 1 N–H and O–H groups in total. The summed E-state index contributed by atoms with van der Waals surface area (Å²) < 4.78 is 5.39. The third-order valence-electron chi connectivity index (χ3n) is 4.15. The van der Waals surface area contributed by atoms with E-state index in [-0.39, 0.29) is 29.6 Å². The normalized spacial score (nSPS) is 21.1. The summed E-state index contributed by atoms with van der Waals surface area (Å²) in [5, 5.41) is 9.08. The van der Waals surface area contributed by atoms with Crippen LogP contribution in [-0.4, -0.2) is 70.7 Å². The molecule has 1 amide bonds. The highest BCUT2D eigenvalue weighted by atomic mass is 35.5. The second kappa shape index (κ2) is 7.31. The number of nitrogens with zero attached hydrogens (tertiary/aromatic N) is 4. The summed E-state index contributed by atoms with van der Waals surface area (Å²) in [6, 6.07) is 0. The molecule has 0 spiro atoms. The van der Waals surface area contributed by atoms with Gasteiger partial charge in [0.2, 0.25) is 5.95 Å². The minimum atomic E-state index is -0.953. The summed E-state index contributed by atoms with van der Waals surface area (Å²) in [6.07, 6.45) is 2.95. The van der Waals surface area contributed by atoms with Gasteiger partial charge in [-0.1, -0.05) is 11.6 Å². The monoisotopic (exact) mass is 354 g/mol. The Balaban J connectivity index is 1.76. The number of carbonyl (C=O) groups is 2. The highest BCUT2D eigenvalue weighted by Gasteiger charge is 2.29. The number of carbonyl (C=O) groups excluding carboxylic acids is 1. The van der Waals surface area contributed by atoms with Crippen molar-refractivity contribution in [3.63, 3.8) is 0 Å². The molecule has 2 aliphatic heterocycles. The molecule has 0 aliphatic carbocycles. The predicted octanol–water partition coefficient (Wildman–Crippen LogP) is 1.05. The quantitative estimate of drug-likeness (QED) is 0.863. The van der Waals surface area contributed by atoms with Crippen LogP contribution in [0.2, 0.25) is 5.02 Å². The summed E-state index contributed by atoms with van der Waals surface area (Å²) in [5.74, 6) is -0.761. The molecule has 2 fully saturated rings. The Morgan fingerprint density at radius 2 is 2.08 bits per heavy atom. The Labute approximate surface area is 144 Å². The fourth-order valence-corrected chi connectivity index (χ4v) is 3.12. The maximum atomic E-state index is 12.7. The average Bonchev–Trinajstić information content (AvgIpc) is 3.09. The van der Waals surface area contributed by atoms with E-state index < -0.39 is 12.1 Å². The summed E-state index contributed by atoms with van der Waals surface area (Å²) in [5.41, 5.74) is 0.157. The first-order chi connectivity index (χ1) is 11.5. The SMILES string of the molecule is O=C(O)C[C@@H]1CN(C(=O)c2nc(N3CCCC3)ncc2Cl)CCO1. The zero-order valence-electron chi connectivity index (χ0n) is 13.2. The highest BCUT2D eigenvalue weighted by Crippen LogP contribution is 2.22. The van der Waals surface area contributed by atoms with Crippen molar-refractivity contribution in [3.05, 3.63) is 16.9 Å². The molecule has 0 radical (unpaired) electrons. The summed E-state index contributed by atoms with van der Waals surface area (Å²) in [7, 11) is 0. The van der Waals surface area contributed by atoms with Crippen molar-refractivity contribution in [1.29, 1.82) is 0 Å². The number of morpholine rings is 1. The van der Waals surface area contributed by atoms with E-state index in [2.05, 4.69) is 9.97 Å². The molecule has 0 bridgehead atoms. The zero-order valence-corrected chi connectivity index (χ0v) is 13.9. The summed E-state index contributed by atoms with van der Waals surface area (Å²) in [4.78, 5) is 35.7. The summed E-state index contributed by atoms with van der Waals surface area (Å²) >= 11 is 6.12. The Morgan fingerprint density at radius 1 is 1.33 bits per heavy atom. The first kappa shape index (κ1) is 16.9. The molecular weight excluding hydrogens is 336 g/mol. The summed E-state index contributed by atoms with van der Waals surface area (Å²) in [6.45, 7) is 2.63. The van der Waals surface area contributed by atoms with Crippen molar-refractivity contribution in [2.45, 2.75) is 25.4 Å². The first-order valence-electron chi connectivity index (χ1n) is 7.95. The van der Waals surface area contributed by atoms with Gasteiger partial charge in [0.25, 0.3) is 5.91 Å². The van der Waals surface area contributed by atoms with Gasteiger partial charge in [-0.3, -0.25) is 9.59 Å². The fraction of sp³-hybridized carbons (Fsp3) is 0.600. The lowest BCUT2D eigenvalue weighted by atomic mass is 10.2. The van der Waals surface area contributed by atoms with E-state index in [1.165, 1.54) is 6.20 Å². The van der Waals surface area contributed by atoms with Gasteiger partial charge >= 0.3 is 5.97 Å². The average molecular weight is 355 g/mol. The van der Waals surface area contributed by atoms with Gasteiger partial charge in [0.1, 0.15) is 0 Å². The predicted molar refractivity (Wildman–Crippen MR) is 86.4 cm³/mol. The molecule has 3 heterocycles. The molecule has 1 aromatic rings. The van der Waals surface area contributed by atoms with Crippen LogP contribution in [-0.2, 0) is 9.53 Å². The lowest BCUT2D eigenvalue weighted by Crippen LogP contribution is -2.46. The van der Waals surface area contributed by atoms with E-state index in [1.54, 1.807) is 4.90 Å². The van der Waals surface area contributed by atoms with Crippen LogP contribution < -0.4 is 4.90 Å².